The monoisotopic (exact) mass is 473 g/mol. The van der Waals surface area contributed by atoms with E-state index in [2.05, 4.69) is 16.0 Å². The summed E-state index contributed by atoms with van der Waals surface area (Å²) in [6.45, 7) is 8.65. The van der Waals surface area contributed by atoms with Crippen LogP contribution in [0.2, 0.25) is 0 Å². The Labute approximate surface area is 202 Å². The van der Waals surface area contributed by atoms with Crippen molar-refractivity contribution in [3.05, 3.63) is 22.3 Å². The third kappa shape index (κ3) is 7.85. The molecule has 3 N–H and O–H groups in total. The molecule has 1 aliphatic carbocycles. The second-order valence-corrected chi connectivity index (χ2v) is 9.18. The molecule has 0 aliphatic heterocycles. The molecule has 0 radical (unpaired) electrons. The summed E-state index contributed by atoms with van der Waals surface area (Å²) in [5.74, 6) is -0.892. The molecule has 34 heavy (non-hydrogen) atoms. The van der Waals surface area contributed by atoms with Crippen molar-refractivity contribution in [2.75, 3.05) is 17.2 Å². The van der Waals surface area contributed by atoms with Gasteiger partial charge in [-0.1, -0.05) is 12.8 Å². The van der Waals surface area contributed by atoms with Crippen LogP contribution in [0.15, 0.2) is 0 Å². The third-order valence-electron chi connectivity index (χ3n) is 6.27. The maximum absolute atomic E-state index is 13.0. The van der Waals surface area contributed by atoms with Crippen LogP contribution in [-0.4, -0.2) is 36.3 Å². The molecular weight excluding hydrogens is 434 g/mol. The first-order valence-corrected chi connectivity index (χ1v) is 12.3. The highest BCUT2D eigenvalue weighted by Crippen LogP contribution is 2.35. The van der Waals surface area contributed by atoms with Gasteiger partial charge in [0.1, 0.15) is 6.10 Å². The van der Waals surface area contributed by atoms with Crippen LogP contribution in [-0.2, 0) is 19.1 Å². The van der Waals surface area contributed by atoms with E-state index in [4.69, 9.17) is 4.74 Å². The molecule has 1 saturated carbocycles. The van der Waals surface area contributed by atoms with E-state index in [0.717, 1.165) is 44.9 Å². The summed E-state index contributed by atoms with van der Waals surface area (Å²) >= 11 is 0. The lowest BCUT2D eigenvalue weighted by molar-refractivity contribution is -0.150. The average Bonchev–Trinajstić information content (AvgIpc) is 2.77. The van der Waals surface area contributed by atoms with Gasteiger partial charge in [0, 0.05) is 43.8 Å². The smallest absolute Gasteiger partial charge is 0.306 e. The number of hydrogen-bond acceptors (Lipinski definition) is 5. The highest BCUT2D eigenvalue weighted by molar-refractivity contribution is 6.05. The number of ether oxygens (including phenoxy) is 1. The lowest BCUT2D eigenvalue weighted by Crippen LogP contribution is -2.27. The van der Waals surface area contributed by atoms with Gasteiger partial charge < -0.3 is 20.7 Å². The second kappa shape index (κ2) is 13.1. The largest absolute Gasteiger partial charge is 0.462 e. The number of amides is 3. The van der Waals surface area contributed by atoms with Gasteiger partial charge in [-0.15, -0.1) is 0 Å². The number of carbonyl (C=O) groups excluding carboxylic acids is 4. The Hall–Kier alpha value is -2.90. The summed E-state index contributed by atoms with van der Waals surface area (Å²) in [5, 5.41) is 8.51. The Bertz CT molecular complexity index is 876. The maximum Gasteiger partial charge on any atom is 0.306 e. The standard InChI is InChI=1S/C26H39N3O5/c1-16-23(17(2)25(29-20(5)31)18(3)24(16)28-19(4)30)26(33)27-15-11-7-10-14-22(32)34-21-12-8-6-9-13-21/h21H,6-15H2,1-5H3,(H,27,33)(H,28,30)(H,29,31). The van der Waals surface area contributed by atoms with Crippen LogP contribution in [0.25, 0.3) is 0 Å². The van der Waals surface area contributed by atoms with Crippen molar-refractivity contribution in [1.82, 2.24) is 5.32 Å². The van der Waals surface area contributed by atoms with Crippen LogP contribution in [0.1, 0.15) is 98.7 Å². The zero-order valence-electron chi connectivity index (χ0n) is 21.2. The van der Waals surface area contributed by atoms with Crippen LogP contribution in [0.3, 0.4) is 0 Å². The molecule has 0 atom stereocenters. The summed E-state index contributed by atoms with van der Waals surface area (Å²) in [6, 6.07) is 0. The quantitative estimate of drug-likeness (QED) is 0.337. The molecule has 8 nitrogen and oxygen atoms in total. The van der Waals surface area contributed by atoms with Crippen LogP contribution in [0.4, 0.5) is 11.4 Å². The topological polar surface area (TPSA) is 114 Å². The highest BCUT2D eigenvalue weighted by atomic mass is 16.5. The van der Waals surface area contributed by atoms with Gasteiger partial charge in [0.05, 0.1) is 0 Å². The molecule has 0 aromatic heterocycles. The zero-order valence-corrected chi connectivity index (χ0v) is 21.2. The van der Waals surface area contributed by atoms with Crippen LogP contribution in [0, 0.1) is 20.8 Å². The minimum absolute atomic E-state index is 0.0892. The lowest BCUT2D eigenvalue weighted by atomic mass is 9.93. The normalized spacial score (nSPS) is 13.8. The van der Waals surface area contributed by atoms with Gasteiger partial charge in [-0.25, -0.2) is 0 Å². The number of hydrogen-bond donors (Lipinski definition) is 3. The maximum atomic E-state index is 13.0. The van der Waals surface area contributed by atoms with Crippen LogP contribution in [0.5, 0.6) is 0 Å². The SMILES string of the molecule is CC(=O)Nc1c(C)c(NC(C)=O)c(C)c(C(=O)NCCCCCC(=O)OC2CCCCC2)c1C. The molecule has 1 aliphatic rings. The number of carbonyl (C=O) groups is 4. The molecule has 0 heterocycles. The van der Waals surface area contributed by atoms with E-state index in [-0.39, 0.29) is 29.8 Å². The first kappa shape index (κ1) is 27.3. The molecule has 1 fully saturated rings. The van der Waals surface area contributed by atoms with Crippen molar-refractivity contribution in [3.8, 4) is 0 Å². The molecule has 8 heteroatoms. The van der Waals surface area contributed by atoms with Gasteiger partial charge in [-0.2, -0.15) is 0 Å². The molecule has 3 amide bonds. The van der Waals surface area contributed by atoms with Crippen molar-refractivity contribution in [1.29, 1.82) is 0 Å². The van der Waals surface area contributed by atoms with Crippen molar-refractivity contribution >= 4 is 35.1 Å². The fourth-order valence-corrected chi connectivity index (χ4v) is 4.58. The van der Waals surface area contributed by atoms with E-state index in [9.17, 15) is 19.2 Å². The second-order valence-electron chi connectivity index (χ2n) is 9.18. The van der Waals surface area contributed by atoms with E-state index >= 15 is 0 Å². The summed E-state index contributed by atoms with van der Waals surface area (Å²) < 4.78 is 5.54. The van der Waals surface area contributed by atoms with Crippen molar-refractivity contribution in [2.24, 2.45) is 0 Å². The molecule has 1 aromatic carbocycles. The highest BCUT2D eigenvalue weighted by Gasteiger charge is 2.23. The Morgan fingerprint density at radius 2 is 1.35 bits per heavy atom. The number of nitrogens with one attached hydrogen (secondary N) is 3. The Morgan fingerprint density at radius 1 is 0.794 bits per heavy atom. The molecule has 2 rings (SSSR count). The summed E-state index contributed by atoms with van der Waals surface area (Å²) in [4.78, 5) is 48.5. The van der Waals surface area contributed by atoms with Crippen molar-refractivity contribution in [3.63, 3.8) is 0 Å². The number of unbranched alkanes of at least 4 members (excludes halogenated alkanes) is 2. The lowest BCUT2D eigenvalue weighted by Gasteiger charge is -2.22. The molecule has 0 spiro atoms. The number of benzene rings is 1. The Morgan fingerprint density at radius 3 is 1.88 bits per heavy atom. The van der Waals surface area contributed by atoms with Crippen LogP contribution >= 0.6 is 0 Å². The minimum atomic E-state index is -0.259. The third-order valence-corrected chi connectivity index (χ3v) is 6.27. The van der Waals surface area contributed by atoms with Gasteiger partial charge in [-0.05, 0) is 76.0 Å². The number of esters is 1. The van der Waals surface area contributed by atoms with Gasteiger partial charge >= 0.3 is 5.97 Å². The van der Waals surface area contributed by atoms with Gasteiger partial charge in [0.2, 0.25) is 11.8 Å². The fraction of sp³-hybridized carbons (Fsp3) is 0.615. The predicted molar refractivity (Wildman–Crippen MR) is 133 cm³/mol. The van der Waals surface area contributed by atoms with Crippen LogP contribution < -0.4 is 16.0 Å². The number of anilines is 2. The van der Waals surface area contributed by atoms with E-state index in [1.54, 1.807) is 20.8 Å². The van der Waals surface area contributed by atoms with Gasteiger partial charge in [-0.3, -0.25) is 19.2 Å². The fourth-order valence-electron chi connectivity index (χ4n) is 4.58. The molecular formula is C26H39N3O5. The zero-order chi connectivity index (χ0) is 25.3. The predicted octanol–water partition coefficient (Wildman–Crippen LogP) is 4.69. The molecule has 0 unspecified atom stereocenters. The average molecular weight is 474 g/mol. The summed E-state index contributed by atoms with van der Waals surface area (Å²) in [5.41, 5.74) is 3.52. The molecule has 0 saturated heterocycles. The Kier molecular flexibility index (Phi) is 10.5. The first-order chi connectivity index (χ1) is 16.1. The van der Waals surface area contributed by atoms with E-state index in [1.165, 1.54) is 20.3 Å². The van der Waals surface area contributed by atoms with Crippen molar-refractivity contribution in [2.45, 2.75) is 98.5 Å². The minimum Gasteiger partial charge on any atom is -0.462 e. The summed E-state index contributed by atoms with van der Waals surface area (Å²) in [6.07, 6.45) is 8.21. The number of rotatable bonds is 10. The molecule has 188 valence electrons. The Balaban J connectivity index is 1.92. The van der Waals surface area contributed by atoms with Crippen molar-refractivity contribution < 1.29 is 23.9 Å². The molecule has 1 aromatic rings. The van der Waals surface area contributed by atoms with E-state index in [1.807, 2.05) is 0 Å². The van der Waals surface area contributed by atoms with E-state index in [0.29, 0.717) is 46.6 Å². The molecule has 0 bridgehead atoms. The van der Waals surface area contributed by atoms with Gasteiger partial charge in [0.25, 0.3) is 5.91 Å². The summed E-state index contributed by atoms with van der Waals surface area (Å²) in [7, 11) is 0. The van der Waals surface area contributed by atoms with E-state index < -0.39 is 0 Å². The first-order valence-electron chi connectivity index (χ1n) is 12.3. The van der Waals surface area contributed by atoms with Gasteiger partial charge in [0.15, 0.2) is 0 Å².